The minimum Gasteiger partial charge on any atom is -0.385 e. The predicted molar refractivity (Wildman–Crippen MR) is 143 cm³/mol. The number of nitrogens with zero attached hydrogens (tertiary/aromatic N) is 3. The summed E-state index contributed by atoms with van der Waals surface area (Å²) in [5.74, 6) is 0.0968. The molecule has 2 aliphatic rings. The van der Waals surface area contributed by atoms with Crippen molar-refractivity contribution < 1.29 is 4.79 Å². The minimum absolute atomic E-state index is 0.0968. The van der Waals surface area contributed by atoms with E-state index in [4.69, 9.17) is 5.10 Å². The number of amides is 1. The number of hydrogen-bond donors (Lipinski definition) is 3. The quantitative estimate of drug-likeness (QED) is 0.495. The fourth-order valence-electron chi connectivity index (χ4n) is 4.21. The summed E-state index contributed by atoms with van der Waals surface area (Å²) in [6.45, 7) is 13.2. The third-order valence-electron chi connectivity index (χ3n) is 6.24. The van der Waals surface area contributed by atoms with Gasteiger partial charge in [-0.25, -0.2) is 0 Å². The van der Waals surface area contributed by atoms with Crippen LogP contribution >= 0.6 is 0 Å². The molecule has 0 saturated carbocycles. The van der Waals surface area contributed by atoms with Gasteiger partial charge in [0.2, 0.25) is 5.91 Å². The first-order valence-electron chi connectivity index (χ1n) is 12.5. The Hall–Kier alpha value is -3.42. The molecule has 1 amide bonds. The van der Waals surface area contributed by atoms with Crippen LogP contribution in [0.1, 0.15) is 30.0 Å². The molecule has 0 bridgehead atoms. The zero-order valence-electron chi connectivity index (χ0n) is 20.6. The molecule has 2 aromatic rings. The van der Waals surface area contributed by atoms with Crippen molar-refractivity contribution in [3.8, 4) is 0 Å². The van der Waals surface area contributed by atoms with E-state index in [9.17, 15) is 4.79 Å². The molecule has 0 spiro atoms. The summed E-state index contributed by atoms with van der Waals surface area (Å²) in [5, 5.41) is 16.5. The zero-order chi connectivity index (χ0) is 24.5. The number of piperazine rings is 1. The van der Waals surface area contributed by atoms with Gasteiger partial charge in [0.1, 0.15) is 0 Å². The van der Waals surface area contributed by atoms with Crippen molar-refractivity contribution in [3.63, 3.8) is 0 Å². The second kappa shape index (κ2) is 12.3. The van der Waals surface area contributed by atoms with E-state index >= 15 is 0 Å². The third kappa shape index (κ3) is 7.28. The number of rotatable bonds is 10. The van der Waals surface area contributed by atoms with Gasteiger partial charge in [0.15, 0.2) is 0 Å². The van der Waals surface area contributed by atoms with Crippen LogP contribution in [0.2, 0.25) is 0 Å². The molecule has 3 N–H and O–H groups in total. The molecule has 0 unspecified atom stereocenters. The van der Waals surface area contributed by atoms with Crippen LogP contribution < -0.4 is 16.0 Å². The zero-order valence-corrected chi connectivity index (χ0v) is 20.6. The maximum absolute atomic E-state index is 12.2. The Labute approximate surface area is 208 Å². The average molecular weight is 473 g/mol. The van der Waals surface area contributed by atoms with E-state index < -0.39 is 0 Å². The number of hydrazone groups is 1. The number of carbonyl (C=O) groups is 1. The number of allylic oxidation sites excluding steroid dienone is 2. The molecule has 184 valence electrons. The van der Waals surface area contributed by atoms with Gasteiger partial charge < -0.3 is 20.9 Å². The summed E-state index contributed by atoms with van der Waals surface area (Å²) in [6.07, 6.45) is 4.54. The van der Waals surface area contributed by atoms with Crippen LogP contribution in [0.25, 0.3) is 0 Å². The summed E-state index contributed by atoms with van der Waals surface area (Å²) in [6, 6.07) is 16.6. The Morgan fingerprint density at radius 2 is 1.89 bits per heavy atom. The second-order valence-corrected chi connectivity index (χ2v) is 8.91. The molecular weight excluding hydrogens is 436 g/mol. The average Bonchev–Trinajstić information content (AvgIpc) is 2.89. The molecule has 2 aromatic carbocycles. The summed E-state index contributed by atoms with van der Waals surface area (Å²) in [7, 11) is 0. The number of nitrogens with one attached hydrogen (secondary N) is 3. The monoisotopic (exact) mass is 472 g/mol. The molecule has 1 fully saturated rings. The first-order chi connectivity index (χ1) is 17.1. The fraction of sp³-hybridized carbons (Fsp3) is 0.357. The summed E-state index contributed by atoms with van der Waals surface area (Å²) < 4.78 is 0. The molecule has 0 atom stereocenters. The lowest BCUT2D eigenvalue weighted by Gasteiger charge is -2.26. The molecule has 2 aliphatic heterocycles. The molecule has 35 heavy (non-hydrogen) atoms. The topological polar surface area (TPSA) is 72.0 Å². The predicted octanol–water partition coefficient (Wildman–Crippen LogP) is 3.32. The Morgan fingerprint density at radius 3 is 2.66 bits per heavy atom. The van der Waals surface area contributed by atoms with Gasteiger partial charge in [-0.2, -0.15) is 5.10 Å². The fourth-order valence-corrected chi connectivity index (χ4v) is 4.21. The van der Waals surface area contributed by atoms with Crippen molar-refractivity contribution in [3.05, 3.63) is 89.6 Å². The smallest absolute Gasteiger partial charge is 0.221 e. The SMILES string of the molecule is C=C1C=CC(c2ccc(CNC(=O)CCN3CCNCC3)cc2)=NN1Cc1cccc(NCC)c1. The van der Waals surface area contributed by atoms with Crippen molar-refractivity contribution in [1.29, 1.82) is 0 Å². The molecule has 0 radical (unpaired) electrons. The Morgan fingerprint density at radius 1 is 1.09 bits per heavy atom. The second-order valence-electron chi connectivity index (χ2n) is 8.91. The van der Waals surface area contributed by atoms with E-state index in [1.807, 2.05) is 17.2 Å². The highest BCUT2D eigenvalue weighted by Crippen LogP contribution is 2.20. The first-order valence-corrected chi connectivity index (χ1v) is 12.5. The molecule has 7 nitrogen and oxygen atoms in total. The van der Waals surface area contributed by atoms with Crippen LogP contribution in [0.5, 0.6) is 0 Å². The summed E-state index contributed by atoms with van der Waals surface area (Å²) >= 11 is 0. The van der Waals surface area contributed by atoms with Gasteiger partial charge in [-0.05, 0) is 42.3 Å². The maximum Gasteiger partial charge on any atom is 0.221 e. The van der Waals surface area contributed by atoms with E-state index in [2.05, 4.69) is 82.9 Å². The minimum atomic E-state index is 0.0968. The van der Waals surface area contributed by atoms with Crippen LogP contribution in [-0.2, 0) is 17.9 Å². The van der Waals surface area contributed by atoms with Crippen molar-refractivity contribution in [2.24, 2.45) is 5.10 Å². The highest BCUT2D eigenvalue weighted by molar-refractivity contribution is 6.09. The summed E-state index contributed by atoms with van der Waals surface area (Å²) in [5.41, 5.74) is 6.15. The van der Waals surface area contributed by atoms with Crippen molar-refractivity contribution in [2.75, 3.05) is 44.6 Å². The van der Waals surface area contributed by atoms with Crippen LogP contribution in [-0.4, -0.2) is 60.8 Å². The molecular formula is C28H36N6O. The standard InChI is InChI=1S/C28H36N6O/c1-3-30-26-6-4-5-24(19-26)21-34-22(2)7-12-27(32-34)25-10-8-23(9-11-25)20-31-28(35)13-16-33-17-14-29-15-18-33/h4-12,19,29-30H,2-3,13-18,20-21H2,1H3,(H,31,35). The summed E-state index contributed by atoms with van der Waals surface area (Å²) in [4.78, 5) is 14.6. The maximum atomic E-state index is 12.2. The van der Waals surface area contributed by atoms with Gasteiger partial charge in [0.05, 0.1) is 18.0 Å². The van der Waals surface area contributed by atoms with Crippen molar-refractivity contribution in [2.45, 2.75) is 26.4 Å². The van der Waals surface area contributed by atoms with Crippen molar-refractivity contribution >= 4 is 17.3 Å². The number of benzene rings is 2. The third-order valence-corrected chi connectivity index (χ3v) is 6.24. The number of anilines is 1. The highest BCUT2D eigenvalue weighted by atomic mass is 16.1. The van der Waals surface area contributed by atoms with Crippen molar-refractivity contribution in [1.82, 2.24) is 20.5 Å². The molecule has 2 heterocycles. The van der Waals surface area contributed by atoms with E-state index in [1.165, 1.54) is 5.56 Å². The van der Waals surface area contributed by atoms with E-state index in [1.54, 1.807) is 0 Å². The largest absolute Gasteiger partial charge is 0.385 e. The van der Waals surface area contributed by atoms with Gasteiger partial charge in [0, 0.05) is 63.5 Å². The van der Waals surface area contributed by atoms with Gasteiger partial charge in [-0.15, -0.1) is 0 Å². The lowest BCUT2D eigenvalue weighted by atomic mass is 10.1. The van der Waals surface area contributed by atoms with E-state index in [-0.39, 0.29) is 5.91 Å². The lowest BCUT2D eigenvalue weighted by molar-refractivity contribution is -0.121. The first kappa shape index (κ1) is 24.7. The molecule has 4 rings (SSSR count). The number of carbonyl (C=O) groups excluding carboxylic acids is 1. The van der Waals surface area contributed by atoms with Gasteiger partial charge in [-0.1, -0.05) is 43.0 Å². The molecule has 7 heteroatoms. The van der Waals surface area contributed by atoms with E-state index in [0.717, 1.165) is 67.5 Å². The molecule has 0 aromatic heterocycles. The lowest BCUT2D eigenvalue weighted by Crippen LogP contribution is -2.44. The van der Waals surface area contributed by atoms with Gasteiger partial charge >= 0.3 is 0 Å². The van der Waals surface area contributed by atoms with Crippen LogP contribution in [0.3, 0.4) is 0 Å². The van der Waals surface area contributed by atoms with Crippen LogP contribution in [0, 0.1) is 0 Å². The Kier molecular flexibility index (Phi) is 8.70. The van der Waals surface area contributed by atoms with E-state index in [0.29, 0.717) is 19.5 Å². The highest BCUT2D eigenvalue weighted by Gasteiger charge is 2.14. The molecule has 1 saturated heterocycles. The Balaban J connectivity index is 1.31. The van der Waals surface area contributed by atoms with Crippen LogP contribution in [0.15, 0.2) is 78.1 Å². The van der Waals surface area contributed by atoms with Gasteiger partial charge in [0.25, 0.3) is 0 Å². The normalized spacial score (nSPS) is 16.2. The molecule has 0 aliphatic carbocycles. The van der Waals surface area contributed by atoms with Gasteiger partial charge in [-0.3, -0.25) is 9.80 Å². The number of hydrogen-bond acceptors (Lipinski definition) is 6. The Bertz CT molecular complexity index is 1070. The van der Waals surface area contributed by atoms with Crippen LogP contribution in [0.4, 0.5) is 5.69 Å².